The molecule has 19 heavy (non-hydrogen) atoms. The van der Waals surface area contributed by atoms with Crippen LogP contribution >= 0.6 is 0 Å². The van der Waals surface area contributed by atoms with E-state index >= 15 is 0 Å². The van der Waals surface area contributed by atoms with Gasteiger partial charge in [0.15, 0.2) is 5.54 Å². The third-order valence-electron chi connectivity index (χ3n) is 3.18. The smallest absolute Gasteiger partial charge is 0.334 e. The van der Waals surface area contributed by atoms with E-state index in [0.29, 0.717) is 11.3 Å². The lowest BCUT2D eigenvalue weighted by Crippen LogP contribution is -2.58. The summed E-state index contributed by atoms with van der Waals surface area (Å²) in [6.07, 6.45) is 0.173. The average Bonchev–Trinajstić information content (AvgIpc) is 2.26. The molecule has 1 aliphatic rings. The summed E-state index contributed by atoms with van der Waals surface area (Å²) < 4.78 is 5.79. The number of hydrogen-bond acceptors (Lipinski definition) is 3. The van der Waals surface area contributed by atoms with Crippen molar-refractivity contribution in [3.63, 3.8) is 0 Å². The Morgan fingerprint density at radius 3 is 2.53 bits per heavy atom. The zero-order chi connectivity index (χ0) is 14.3. The monoisotopic (exact) mass is 263 g/mol. The maximum absolute atomic E-state index is 11.8. The molecule has 1 atom stereocenters. The molecule has 2 N–H and O–H groups in total. The normalized spacial score (nSPS) is 23.9. The van der Waals surface area contributed by atoms with Crippen molar-refractivity contribution in [2.75, 3.05) is 0 Å². The first-order chi connectivity index (χ1) is 8.77. The molecular formula is C14H17NO4. The third-order valence-corrected chi connectivity index (χ3v) is 3.18. The van der Waals surface area contributed by atoms with Crippen LogP contribution < -0.4 is 10.1 Å². The number of aliphatic carboxylic acids is 1. The molecule has 5 nitrogen and oxygen atoms in total. The second-order valence-corrected chi connectivity index (χ2v) is 5.43. The largest absolute Gasteiger partial charge is 0.487 e. The molecular weight excluding hydrogens is 246 g/mol. The van der Waals surface area contributed by atoms with E-state index in [1.54, 1.807) is 24.3 Å². The molecule has 0 spiro atoms. The van der Waals surface area contributed by atoms with Gasteiger partial charge in [0.2, 0.25) is 5.91 Å². The van der Waals surface area contributed by atoms with Gasteiger partial charge in [-0.1, -0.05) is 18.2 Å². The molecule has 102 valence electrons. The average molecular weight is 263 g/mol. The van der Waals surface area contributed by atoms with Crippen LogP contribution in [-0.2, 0) is 15.1 Å². The van der Waals surface area contributed by atoms with Crippen LogP contribution in [0.15, 0.2) is 24.3 Å². The highest BCUT2D eigenvalue weighted by atomic mass is 16.5. The van der Waals surface area contributed by atoms with E-state index in [9.17, 15) is 14.7 Å². The minimum atomic E-state index is -1.44. The Balaban J connectivity index is 2.64. The fourth-order valence-electron chi connectivity index (χ4n) is 2.63. The Hall–Kier alpha value is -2.04. The van der Waals surface area contributed by atoms with Crippen molar-refractivity contribution in [2.45, 2.75) is 38.3 Å². The second kappa shape index (κ2) is 4.26. The van der Waals surface area contributed by atoms with Gasteiger partial charge in [0, 0.05) is 18.9 Å². The zero-order valence-corrected chi connectivity index (χ0v) is 11.2. The molecule has 1 aromatic carbocycles. The fraction of sp³-hybridized carbons (Fsp3) is 0.429. The van der Waals surface area contributed by atoms with E-state index in [4.69, 9.17) is 4.74 Å². The van der Waals surface area contributed by atoms with Gasteiger partial charge in [-0.15, -0.1) is 0 Å². The summed E-state index contributed by atoms with van der Waals surface area (Å²) in [5.41, 5.74) is -1.63. The van der Waals surface area contributed by atoms with Crippen LogP contribution in [0.2, 0.25) is 0 Å². The maximum Gasteiger partial charge on any atom is 0.334 e. The standard InChI is InChI=1S/C14H17NO4/c1-9(16)15-14(12(17)18)8-13(2,3)19-11-7-5-4-6-10(11)14/h4-7H,8H2,1-3H3,(H,15,16)(H,17,18). The number of benzene rings is 1. The van der Waals surface area contributed by atoms with Gasteiger partial charge in [-0.05, 0) is 19.9 Å². The van der Waals surface area contributed by atoms with Crippen molar-refractivity contribution in [2.24, 2.45) is 0 Å². The Labute approximate surface area is 111 Å². The van der Waals surface area contributed by atoms with Crippen LogP contribution in [0.4, 0.5) is 0 Å². The molecule has 0 radical (unpaired) electrons. The summed E-state index contributed by atoms with van der Waals surface area (Å²) in [5, 5.41) is 12.2. The molecule has 2 rings (SSSR count). The first-order valence-electron chi connectivity index (χ1n) is 6.07. The summed E-state index contributed by atoms with van der Waals surface area (Å²) in [6.45, 7) is 4.93. The Morgan fingerprint density at radius 1 is 1.32 bits per heavy atom. The number of hydrogen-bond donors (Lipinski definition) is 2. The Morgan fingerprint density at radius 2 is 1.95 bits per heavy atom. The molecule has 1 aliphatic heterocycles. The number of fused-ring (bicyclic) bond motifs is 1. The van der Waals surface area contributed by atoms with Crippen LogP contribution in [0.3, 0.4) is 0 Å². The van der Waals surface area contributed by atoms with Gasteiger partial charge in [-0.3, -0.25) is 4.79 Å². The third kappa shape index (κ3) is 2.28. The highest BCUT2D eigenvalue weighted by molar-refractivity contribution is 5.88. The van der Waals surface area contributed by atoms with E-state index in [1.807, 2.05) is 13.8 Å². The highest BCUT2D eigenvalue weighted by Gasteiger charge is 2.51. The van der Waals surface area contributed by atoms with E-state index in [-0.39, 0.29) is 12.3 Å². The first-order valence-corrected chi connectivity index (χ1v) is 6.07. The van der Waals surface area contributed by atoms with Crippen molar-refractivity contribution < 1.29 is 19.4 Å². The Kier molecular flexibility index (Phi) is 3.00. The van der Waals surface area contributed by atoms with Crippen LogP contribution in [0.1, 0.15) is 32.8 Å². The number of para-hydroxylation sites is 1. The number of ether oxygens (including phenoxy) is 1. The lowest BCUT2D eigenvalue weighted by atomic mass is 9.77. The van der Waals surface area contributed by atoms with Crippen LogP contribution in [0.5, 0.6) is 5.75 Å². The molecule has 0 bridgehead atoms. The van der Waals surface area contributed by atoms with Gasteiger partial charge in [-0.2, -0.15) is 0 Å². The minimum Gasteiger partial charge on any atom is -0.487 e. The van der Waals surface area contributed by atoms with Crippen molar-refractivity contribution in [3.8, 4) is 5.75 Å². The molecule has 1 heterocycles. The number of rotatable bonds is 2. The van der Waals surface area contributed by atoms with Crippen molar-refractivity contribution in [1.82, 2.24) is 5.32 Å². The van der Waals surface area contributed by atoms with Gasteiger partial charge in [0.25, 0.3) is 0 Å². The van der Waals surface area contributed by atoms with E-state index < -0.39 is 17.1 Å². The summed E-state index contributed by atoms with van der Waals surface area (Å²) in [7, 11) is 0. The van der Waals surface area contributed by atoms with Crippen LogP contribution in [0.25, 0.3) is 0 Å². The van der Waals surface area contributed by atoms with Gasteiger partial charge in [-0.25, -0.2) is 4.79 Å². The summed E-state index contributed by atoms with van der Waals surface area (Å²) in [4.78, 5) is 23.2. The highest BCUT2D eigenvalue weighted by Crippen LogP contribution is 2.43. The molecule has 0 saturated carbocycles. The molecule has 0 aromatic heterocycles. The molecule has 0 fully saturated rings. The zero-order valence-electron chi connectivity index (χ0n) is 11.2. The summed E-state index contributed by atoms with van der Waals surface area (Å²) >= 11 is 0. The van der Waals surface area contributed by atoms with Crippen LogP contribution in [0, 0.1) is 0 Å². The molecule has 1 unspecified atom stereocenters. The van der Waals surface area contributed by atoms with Crippen molar-refractivity contribution >= 4 is 11.9 Å². The lowest BCUT2D eigenvalue weighted by molar-refractivity contribution is -0.152. The van der Waals surface area contributed by atoms with Gasteiger partial charge < -0.3 is 15.2 Å². The quantitative estimate of drug-likeness (QED) is 0.851. The lowest BCUT2D eigenvalue weighted by Gasteiger charge is -2.43. The fourth-order valence-corrected chi connectivity index (χ4v) is 2.63. The first kappa shape index (κ1) is 13.4. The molecule has 1 aromatic rings. The molecule has 1 amide bonds. The molecule has 0 saturated heterocycles. The van der Waals surface area contributed by atoms with E-state index in [2.05, 4.69) is 5.32 Å². The Bertz CT molecular complexity index is 538. The second-order valence-electron chi connectivity index (χ2n) is 5.43. The summed E-state index contributed by atoms with van der Waals surface area (Å²) in [6, 6.07) is 6.91. The van der Waals surface area contributed by atoms with Gasteiger partial charge >= 0.3 is 5.97 Å². The number of carboxylic acid groups (broad SMARTS) is 1. The molecule has 5 heteroatoms. The maximum atomic E-state index is 11.8. The van der Waals surface area contributed by atoms with Crippen LogP contribution in [-0.4, -0.2) is 22.6 Å². The van der Waals surface area contributed by atoms with E-state index in [0.717, 1.165) is 0 Å². The SMILES string of the molecule is CC(=O)NC1(C(=O)O)CC(C)(C)Oc2ccccc21. The van der Waals surface area contributed by atoms with Crippen molar-refractivity contribution in [1.29, 1.82) is 0 Å². The predicted octanol–water partition coefficient (Wildman–Crippen LogP) is 1.66. The van der Waals surface area contributed by atoms with Gasteiger partial charge in [0.1, 0.15) is 11.4 Å². The number of carboxylic acids is 1. The number of carbonyl (C=O) groups is 2. The molecule has 0 aliphatic carbocycles. The van der Waals surface area contributed by atoms with Gasteiger partial charge in [0.05, 0.1) is 0 Å². The summed E-state index contributed by atoms with van der Waals surface area (Å²) in [5.74, 6) is -0.962. The predicted molar refractivity (Wildman–Crippen MR) is 68.9 cm³/mol. The number of amides is 1. The number of nitrogens with one attached hydrogen (secondary N) is 1. The minimum absolute atomic E-state index is 0.173. The van der Waals surface area contributed by atoms with Crippen molar-refractivity contribution in [3.05, 3.63) is 29.8 Å². The topological polar surface area (TPSA) is 75.6 Å². The van der Waals surface area contributed by atoms with E-state index in [1.165, 1.54) is 6.92 Å². The number of carbonyl (C=O) groups excluding carboxylic acids is 1.